The van der Waals surface area contributed by atoms with Crippen molar-refractivity contribution in [2.24, 2.45) is 4.99 Å². The van der Waals surface area contributed by atoms with Gasteiger partial charge in [-0.15, -0.1) is 0 Å². The highest BCUT2D eigenvalue weighted by atomic mass is 35.5. The molecule has 9 heteroatoms. The van der Waals surface area contributed by atoms with Crippen molar-refractivity contribution in [2.75, 3.05) is 14.2 Å². The lowest BCUT2D eigenvalue weighted by molar-refractivity contribution is -0.114. The summed E-state index contributed by atoms with van der Waals surface area (Å²) in [7, 11) is 3.13. The van der Waals surface area contributed by atoms with Crippen molar-refractivity contribution in [3.8, 4) is 17.2 Å². The van der Waals surface area contributed by atoms with E-state index in [1.54, 1.807) is 37.8 Å². The lowest BCUT2D eigenvalue weighted by Crippen LogP contribution is -2.39. The minimum Gasteiger partial charge on any atom is -0.497 e. The Morgan fingerprint density at radius 3 is 2.41 bits per heavy atom. The number of ether oxygens (including phenoxy) is 2. The van der Waals surface area contributed by atoms with E-state index in [0.717, 1.165) is 22.6 Å². The van der Waals surface area contributed by atoms with Gasteiger partial charge in [-0.25, -0.2) is 4.99 Å². The van der Waals surface area contributed by atoms with Crippen LogP contribution in [-0.4, -0.2) is 29.1 Å². The van der Waals surface area contributed by atoms with Crippen LogP contribution >= 0.6 is 22.9 Å². The first kappa shape index (κ1) is 26.7. The molecule has 39 heavy (non-hydrogen) atoms. The first-order valence-electron chi connectivity index (χ1n) is 12.3. The number of aryl methyl sites for hydroxylation is 1. The zero-order chi connectivity index (χ0) is 28.0. The molecule has 1 aliphatic rings. The standard InChI is InChI=1S/C30H28ClN3O4S/c1-16-13-20(18(3)33(16)22-9-7-21(31)8-10-22)14-26-29(36)34-28(24-12-11-23(37-5)15-25(24)38-6)27(19(4)35)17(2)32-30(34)39-26/h7-15,28H,1-6H3/b26-14+/t28-/m0/s1. The van der Waals surface area contributed by atoms with Crippen LogP contribution in [-0.2, 0) is 4.79 Å². The van der Waals surface area contributed by atoms with Crippen LogP contribution in [0.1, 0.15) is 42.4 Å². The van der Waals surface area contributed by atoms with E-state index in [2.05, 4.69) is 15.6 Å². The third-order valence-electron chi connectivity index (χ3n) is 6.98. The minimum atomic E-state index is -0.678. The number of Topliss-reactive ketones (excluding diaryl/α,β-unsaturated/α-hetero) is 1. The maximum Gasteiger partial charge on any atom is 0.271 e. The monoisotopic (exact) mass is 561 g/mol. The molecule has 3 heterocycles. The summed E-state index contributed by atoms with van der Waals surface area (Å²) < 4.78 is 15.3. The predicted octanol–water partition coefficient (Wildman–Crippen LogP) is 4.90. The van der Waals surface area contributed by atoms with E-state index in [1.807, 2.05) is 50.3 Å². The Morgan fingerprint density at radius 1 is 1.05 bits per heavy atom. The molecule has 200 valence electrons. The topological polar surface area (TPSA) is 74.8 Å². The van der Waals surface area contributed by atoms with Crippen LogP contribution < -0.4 is 24.4 Å². The van der Waals surface area contributed by atoms with Gasteiger partial charge in [-0.1, -0.05) is 22.9 Å². The van der Waals surface area contributed by atoms with Crippen molar-refractivity contribution in [1.29, 1.82) is 0 Å². The van der Waals surface area contributed by atoms with Gasteiger partial charge in [0.05, 0.1) is 24.8 Å². The maximum atomic E-state index is 14.0. The van der Waals surface area contributed by atoms with Crippen molar-refractivity contribution >= 4 is 34.8 Å². The molecule has 5 rings (SSSR count). The summed E-state index contributed by atoms with van der Waals surface area (Å²) in [6, 6.07) is 14.4. The fourth-order valence-corrected chi connectivity index (χ4v) is 6.34. The van der Waals surface area contributed by atoms with Crippen LogP contribution in [0.4, 0.5) is 0 Å². The number of aromatic nitrogens is 2. The maximum absolute atomic E-state index is 14.0. The summed E-state index contributed by atoms with van der Waals surface area (Å²) in [6.45, 7) is 7.35. The quantitative estimate of drug-likeness (QED) is 0.335. The molecule has 0 aliphatic carbocycles. The summed E-state index contributed by atoms with van der Waals surface area (Å²) in [5.41, 5.74) is 5.45. The Kier molecular flexibility index (Phi) is 7.09. The van der Waals surface area contributed by atoms with Gasteiger partial charge >= 0.3 is 0 Å². The lowest BCUT2D eigenvalue weighted by atomic mass is 9.92. The fourth-order valence-electron chi connectivity index (χ4n) is 5.17. The van der Waals surface area contributed by atoms with Crippen LogP contribution in [0.2, 0.25) is 5.02 Å². The summed E-state index contributed by atoms with van der Waals surface area (Å²) in [5.74, 6) is 0.984. The van der Waals surface area contributed by atoms with E-state index >= 15 is 0 Å². The number of hydrogen-bond donors (Lipinski definition) is 0. The lowest BCUT2D eigenvalue weighted by Gasteiger charge is -2.26. The van der Waals surface area contributed by atoms with Gasteiger partial charge in [0, 0.05) is 45.0 Å². The number of allylic oxidation sites excluding steroid dienone is 2. The van der Waals surface area contributed by atoms with Crippen LogP contribution in [0.25, 0.3) is 11.8 Å². The zero-order valence-electron chi connectivity index (χ0n) is 22.5. The average Bonchev–Trinajstić information content (AvgIpc) is 3.37. The second-order valence-electron chi connectivity index (χ2n) is 9.38. The van der Waals surface area contributed by atoms with Crippen molar-refractivity contribution in [3.05, 3.63) is 107 Å². The van der Waals surface area contributed by atoms with Gasteiger partial charge in [-0.05, 0) is 81.8 Å². The molecule has 0 amide bonds. The van der Waals surface area contributed by atoms with E-state index in [0.29, 0.717) is 42.7 Å². The number of halogens is 1. The number of carbonyl (C=O) groups is 1. The van der Waals surface area contributed by atoms with Crippen LogP contribution in [0.15, 0.2) is 69.6 Å². The molecule has 0 N–H and O–H groups in total. The minimum absolute atomic E-state index is 0.153. The van der Waals surface area contributed by atoms with E-state index in [9.17, 15) is 9.59 Å². The number of nitrogens with zero attached hydrogens (tertiary/aromatic N) is 3. The number of hydrogen-bond acceptors (Lipinski definition) is 6. The molecule has 2 aromatic heterocycles. The van der Waals surface area contributed by atoms with E-state index < -0.39 is 6.04 Å². The SMILES string of the molecule is COc1ccc([C@H]2C(C(C)=O)=C(C)N=c3s/c(=C/c4cc(C)n(-c5ccc(Cl)cc5)c4C)c(=O)n32)c(OC)c1. The molecule has 0 fully saturated rings. The summed E-state index contributed by atoms with van der Waals surface area (Å²) in [6.07, 6.45) is 1.90. The molecule has 0 saturated heterocycles. The van der Waals surface area contributed by atoms with E-state index in [4.69, 9.17) is 21.1 Å². The van der Waals surface area contributed by atoms with Crippen molar-refractivity contribution in [2.45, 2.75) is 33.7 Å². The molecule has 1 aliphatic heterocycles. The molecular formula is C30H28ClN3O4S. The largest absolute Gasteiger partial charge is 0.497 e. The molecule has 0 spiro atoms. The Hall–Kier alpha value is -3.88. The summed E-state index contributed by atoms with van der Waals surface area (Å²) >= 11 is 7.40. The number of benzene rings is 2. The van der Waals surface area contributed by atoms with Crippen molar-refractivity contribution in [1.82, 2.24) is 9.13 Å². The van der Waals surface area contributed by atoms with Crippen molar-refractivity contribution in [3.63, 3.8) is 0 Å². The Morgan fingerprint density at radius 2 is 1.77 bits per heavy atom. The number of fused-ring (bicyclic) bond motifs is 1. The normalized spacial score (nSPS) is 15.3. The van der Waals surface area contributed by atoms with Crippen LogP contribution in [0.3, 0.4) is 0 Å². The molecule has 7 nitrogen and oxygen atoms in total. The van der Waals surface area contributed by atoms with Crippen LogP contribution in [0, 0.1) is 13.8 Å². The highest BCUT2D eigenvalue weighted by Gasteiger charge is 2.32. The number of rotatable bonds is 6. The third kappa shape index (κ3) is 4.64. The van der Waals surface area contributed by atoms with E-state index in [1.165, 1.54) is 18.3 Å². The Labute approximate surface area is 234 Å². The number of carbonyl (C=O) groups excluding carboxylic acids is 1. The molecule has 0 saturated carbocycles. The first-order valence-corrected chi connectivity index (χ1v) is 13.5. The smallest absolute Gasteiger partial charge is 0.271 e. The Balaban J connectivity index is 1.71. The molecule has 2 aromatic carbocycles. The van der Waals surface area contributed by atoms with Gasteiger partial charge in [0.25, 0.3) is 5.56 Å². The van der Waals surface area contributed by atoms with Crippen LogP contribution in [0.5, 0.6) is 11.5 Å². The molecule has 0 radical (unpaired) electrons. The molecule has 0 unspecified atom stereocenters. The third-order valence-corrected chi connectivity index (χ3v) is 8.21. The Bertz CT molecular complexity index is 1830. The van der Waals surface area contributed by atoms with E-state index in [-0.39, 0.29) is 11.3 Å². The highest BCUT2D eigenvalue weighted by molar-refractivity contribution is 7.07. The van der Waals surface area contributed by atoms with Crippen molar-refractivity contribution < 1.29 is 14.3 Å². The van der Waals surface area contributed by atoms with Gasteiger partial charge in [0.2, 0.25) is 0 Å². The predicted molar refractivity (Wildman–Crippen MR) is 154 cm³/mol. The molecular weight excluding hydrogens is 534 g/mol. The second kappa shape index (κ2) is 10.4. The molecule has 0 bridgehead atoms. The summed E-state index contributed by atoms with van der Waals surface area (Å²) in [4.78, 5) is 32.0. The second-order valence-corrected chi connectivity index (χ2v) is 10.8. The van der Waals surface area contributed by atoms with Gasteiger partial charge in [0.15, 0.2) is 10.6 Å². The van der Waals surface area contributed by atoms with Gasteiger partial charge < -0.3 is 14.0 Å². The average molecular weight is 562 g/mol. The van der Waals surface area contributed by atoms with Gasteiger partial charge in [-0.3, -0.25) is 14.2 Å². The fraction of sp³-hybridized carbons (Fsp3) is 0.233. The number of ketones is 1. The number of methoxy groups -OCH3 is 2. The highest BCUT2D eigenvalue weighted by Crippen LogP contribution is 2.37. The first-order chi connectivity index (χ1) is 18.6. The number of thiazole rings is 1. The summed E-state index contributed by atoms with van der Waals surface area (Å²) in [5, 5.41) is 0.672. The zero-order valence-corrected chi connectivity index (χ0v) is 24.1. The van der Waals surface area contributed by atoms with Gasteiger partial charge in [0.1, 0.15) is 11.5 Å². The molecule has 4 aromatic rings. The van der Waals surface area contributed by atoms with Gasteiger partial charge in [-0.2, -0.15) is 0 Å². The molecule has 1 atom stereocenters.